The molecule has 1 atom stereocenters. The molecule has 22 heavy (non-hydrogen) atoms. The van der Waals surface area contributed by atoms with Gasteiger partial charge in [-0.15, -0.1) is 0 Å². The molecule has 120 valence electrons. The summed E-state index contributed by atoms with van der Waals surface area (Å²) in [5, 5.41) is 5.92. The highest BCUT2D eigenvalue weighted by Crippen LogP contribution is 2.18. The minimum atomic E-state index is -0.792. The molecule has 1 aliphatic carbocycles. The standard InChI is InChI=1S/C17H24N2O3/c1-12(16(20)19-13-8-4-3-5-9-13)22-17(21)14-10-6-7-11-15(14)18-2/h6-7,10-13,18H,3-5,8-9H2,1-2H3,(H,19,20). The number of ether oxygens (including phenoxy) is 1. The fourth-order valence-electron chi connectivity index (χ4n) is 2.72. The Morgan fingerprint density at radius 3 is 2.55 bits per heavy atom. The summed E-state index contributed by atoms with van der Waals surface area (Å²) in [6.07, 6.45) is 4.75. The van der Waals surface area contributed by atoms with Gasteiger partial charge in [-0.05, 0) is 31.9 Å². The summed E-state index contributed by atoms with van der Waals surface area (Å²) in [6, 6.07) is 7.29. The van der Waals surface area contributed by atoms with E-state index in [2.05, 4.69) is 10.6 Å². The summed E-state index contributed by atoms with van der Waals surface area (Å²) >= 11 is 0. The Bertz CT molecular complexity index is 524. The monoisotopic (exact) mass is 304 g/mol. The lowest BCUT2D eigenvalue weighted by Crippen LogP contribution is -2.42. The van der Waals surface area contributed by atoms with E-state index in [1.807, 2.05) is 6.07 Å². The number of carbonyl (C=O) groups is 2. The third-order valence-electron chi connectivity index (χ3n) is 4.02. The quantitative estimate of drug-likeness (QED) is 0.821. The zero-order valence-electron chi connectivity index (χ0n) is 13.2. The molecular weight excluding hydrogens is 280 g/mol. The number of para-hydroxylation sites is 1. The number of rotatable bonds is 5. The van der Waals surface area contributed by atoms with Crippen LogP contribution in [0.4, 0.5) is 5.69 Å². The second kappa shape index (κ2) is 7.82. The number of hydrogen-bond acceptors (Lipinski definition) is 4. The Morgan fingerprint density at radius 2 is 1.86 bits per heavy atom. The summed E-state index contributed by atoms with van der Waals surface area (Å²) < 4.78 is 5.29. The van der Waals surface area contributed by atoms with Gasteiger partial charge in [-0.3, -0.25) is 4.79 Å². The topological polar surface area (TPSA) is 67.4 Å². The summed E-state index contributed by atoms with van der Waals surface area (Å²) in [6.45, 7) is 1.61. The van der Waals surface area contributed by atoms with Gasteiger partial charge in [-0.25, -0.2) is 4.79 Å². The van der Waals surface area contributed by atoms with Crippen molar-refractivity contribution in [3.05, 3.63) is 29.8 Å². The molecule has 0 radical (unpaired) electrons. The lowest BCUT2D eigenvalue weighted by molar-refractivity contribution is -0.130. The van der Waals surface area contributed by atoms with Crippen molar-refractivity contribution in [2.75, 3.05) is 12.4 Å². The molecule has 0 aromatic heterocycles. The van der Waals surface area contributed by atoms with Gasteiger partial charge in [0.2, 0.25) is 0 Å². The van der Waals surface area contributed by atoms with E-state index in [0.717, 1.165) is 25.7 Å². The molecule has 0 heterocycles. The molecule has 0 saturated heterocycles. The van der Waals surface area contributed by atoms with Crippen molar-refractivity contribution in [3.8, 4) is 0 Å². The van der Waals surface area contributed by atoms with Crippen molar-refractivity contribution < 1.29 is 14.3 Å². The van der Waals surface area contributed by atoms with Crippen LogP contribution in [0.2, 0.25) is 0 Å². The third-order valence-corrected chi connectivity index (χ3v) is 4.02. The van der Waals surface area contributed by atoms with Gasteiger partial charge in [0.15, 0.2) is 6.10 Å². The summed E-state index contributed by atoms with van der Waals surface area (Å²) in [5.74, 6) is -0.710. The molecule has 0 aliphatic heterocycles. The van der Waals surface area contributed by atoms with Crippen molar-refractivity contribution in [2.24, 2.45) is 0 Å². The van der Waals surface area contributed by atoms with Crippen LogP contribution in [0.15, 0.2) is 24.3 Å². The van der Waals surface area contributed by atoms with Crippen LogP contribution in [-0.2, 0) is 9.53 Å². The first-order chi connectivity index (χ1) is 10.6. The predicted octanol–water partition coefficient (Wildman–Crippen LogP) is 2.72. The van der Waals surface area contributed by atoms with Crippen LogP contribution in [0, 0.1) is 0 Å². The second-order valence-corrected chi connectivity index (χ2v) is 5.69. The van der Waals surface area contributed by atoms with Gasteiger partial charge in [-0.1, -0.05) is 31.4 Å². The highest BCUT2D eigenvalue weighted by Gasteiger charge is 2.23. The number of anilines is 1. The Balaban J connectivity index is 1.91. The maximum Gasteiger partial charge on any atom is 0.341 e. The van der Waals surface area contributed by atoms with Crippen LogP contribution in [0.3, 0.4) is 0 Å². The highest BCUT2D eigenvalue weighted by molar-refractivity contribution is 5.97. The van der Waals surface area contributed by atoms with E-state index in [1.165, 1.54) is 6.42 Å². The highest BCUT2D eigenvalue weighted by atomic mass is 16.5. The number of nitrogens with one attached hydrogen (secondary N) is 2. The molecule has 2 N–H and O–H groups in total. The lowest BCUT2D eigenvalue weighted by Gasteiger charge is -2.24. The van der Waals surface area contributed by atoms with Crippen LogP contribution in [0.25, 0.3) is 0 Å². The van der Waals surface area contributed by atoms with E-state index < -0.39 is 12.1 Å². The molecule has 5 nitrogen and oxygen atoms in total. The molecule has 2 rings (SSSR count). The largest absolute Gasteiger partial charge is 0.449 e. The van der Waals surface area contributed by atoms with E-state index in [4.69, 9.17) is 4.74 Å². The molecule has 1 aromatic rings. The fraction of sp³-hybridized carbons (Fsp3) is 0.529. The van der Waals surface area contributed by atoms with Crippen LogP contribution < -0.4 is 10.6 Å². The molecular formula is C17H24N2O3. The van der Waals surface area contributed by atoms with E-state index in [0.29, 0.717) is 11.3 Å². The zero-order chi connectivity index (χ0) is 15.9. The van der Waals surface area contributed by atoms with Gasteiger partial charge < -0.3 is 15.4 Å². The minimum Gasteiger partial charge on any atom is -0.449 e. The van der Waals surface area contributed by atoms with Gasteiger partial charge in [0.05, 0.1) is 5.56 Å². The Morgan fingerprint density at radius 1 is 1.18 bits per heavy atom. The zero-order valence-corrected chi connectivity index (χ0v) is 13.2. The smallest absolute Gasteiger partial charge is 0.341 e. The first-order valence-electron chi connectivity index (χ1n) is 7.90. The maximum atomic E-state index is 12.2. The number of carbonyl (C=O) groups excluding carboxylic acids is 2. The summed E-state index contributed by atoms with van der Waals surface area (Å²) in [5.41, 5.74) is 1.12. The van der Waals surface area contributed by atoms with Crippen LogP contribution >= 0.6 is 0 Å². The maximum absolute atomic E-state index is 12.2. The van der Waals surface area contributed by atoms with Crippen LogP contribution in [-0.4, -0.2) is 31.1 Å². The summed E-state index contributed by atoms with van der Waals surface area (Å²) in [7, 11) is 1.74. The minimum absolute atomic E-state index is 0.215. The SMILES string of the molecule is CNc1ccccc1C(=O)OC(C)C(=O)NC1CCCCC1. The molecule has 0 bridgehead atoms. The van der Waals surface area contributed by atoms with Gasteiger partial charge in [0, 0.05) is 18.8 Å². The van der Waals surface area contributed by atoms with Crippen LogP contribution in [0.1, 0.15) is 49.4 Å². The first kappa shape index (κ1) is 16.3. The van der Waals surface area contributed by atoms with E-state index >= 15 is 0 Å². The Kier molecular flexibility index (Phi) is 5.81. The van der Waals surface area contributed by atoms with Gasteiger partial charge in [0.1, 0.15) is 0 Å². The van der Waals surface area contributed by atoms with E-state index in [1.54, 1.807) is 32.2 Å². The average molecular weight is 304 g/mol. The molecule has 1 saturated carbocycles. The molecule has 0 spiro atoms. The number of esters is 1. The molecule has 1 aliphatic rings. The van der Waals surface area contributed by atoms with Crippen molar-refractivity contribution in [2.45, 2.75) is 51.2 Å². The summed E-state index contributed by atoms with van der Waals surface area (Å²) in [4.78, 5) is 24.3. The van der Waals surface area contributed by atoms with Crippen molar-refractivity contribution >= 4 is 17.6 Å². The Hall–Kier alpha value is -2.04. The van der Waals surface area contributed by atoms with E-state index in [-0.39, 0.29) is 11.9 Å². The molecule has 1 fully saturated rings. The van der Waals surface area contributed by atoms with Gasteiger partial charge >= 0.3 is 5.97 Å². The normalized spacial score (nSPS) is 16.6. The van der Waals surface area contributed by atoms with Crippen molar-refractivity contribution in [3.63, 3.8) is 0 Å². The molecule has 1 unspecified atom stereocenters. The lowest BCUT2D eigenvalue weighted by atomic mass is 9.95. The molecule has 1 aromatic carbocycles. The number of hydrogen-bond donors (Lipinski definition) is 2. The predicted molar refractivity (Wildman–Crippen MR) is 85.9 cm³/mol. The van der Waals surface area contributed by atoms with E-state index in [9.17, 15) is 9.59 Å². The molecule has 5 heteroatoms. The van der Waals surface area contributed by atoms with Gasteiger partial charge in [-0.2, -0.15) is 0 Å². The first-order valence-corrected chi connectivity index (χ1v) is 7.90. The number of benzene rings is 1. The van der Waals surface area contributed by atoms with Gasteiger partial charge in [0.25, 0.3) is 5.91 Å². The third kappa shape index (κ3) is 4.23. The van der Waals surface area contributed by atoms with Crippen molar-refractivity contribution in [1.82, 2.24) is 5.32 Å². The average Bonchev–Trinajstić information content (AvgIpc) is 2.55. The van der Waals surface area contributed by atoms with Crippen molar-refractivity contribution in [1.29, 1.82) is 0 Å². The Labute approximate surface area is 131 Å². The molecule has 1 amide bonds. The van der Waals surface area contributed by atoms with Crippen LogP contribution in [0.5, 0.6) is 0 Å². The number of amides is 1. The second-order valence-electron chi connectivity index (χ2n) is 5.69. The fourth-order valence-corrected chi connectivity index (χ4v) is 2.72.